The summed E-state index contributed by atoms with van der Waals surface area (Å²) in [6.07, 6.45) is 0. The number of halogens is 2. The summed E-state index contributed by atoms with van der Waals surface area (Å²) in [5.74, 6) is 0. The molecule has 52 heavy (non-hydrogen) atoms. The zero-order chi connectivity index (χ0) is 37.5. The van der Waals surface area contributed by atoms with Crippen molar-refractivity contribution < 1.29 is 20.8 Å². The molecule has 0 spiro atoms. The quantitative estimate of drug-likeness (QED) is 0.120. The molecular weight excluding hydrogens is 767 g/mol. The fourth-order valence-electron chi connectivity index (χ4n) is 6.73. The van der Waals surface area contributed by atoms with Crippen LogP contribution < -0.4 is 0 Å². The summed E-state index contributed by atoms with van der Waals surface area (Å²) >= 11 is -0.826. The van der Waals surface area contributed by atoms with Crippen molar-refractivity contribution in [3.63, 3.8) is 0 Å². The van der Waals surface area contributed by atoms with Gasteiger partial charge >= 0.3 is 37.9 Å². The fraction of sp³-hybridized carbons (Fsp3) is 0.208. The van der Waals surface area contributed by atoms with Crippen molar-refractivity contribution in [1.82, 2.24) is 0 Å². The summed E-state index contributed by atoms with van der Waals surface area (Å²) in [5.41, 5.74) is 8.45. The SMILES string of the molecule is CC(C)(C)c1cc2c(-c3cccc4ccccc34)cccc2[cH-]1.CC(C)(C)c1cc2c(-c3cccc4ccccc34)cccc2[cH-]1.C[Si]C.[Cl][Zr+2][Cl]. The maximum atomic E-state index is 4.93. The Morgan fingerprint density at radius 3 is 1.08 bits per heavy atom. The third-order valence-corrected chi connectivity index (χ3v) is 9.39. The summed E-state index contributed by atoms with van der Waals surface area (Å²) in [7, 11) is 11.0. The molecule has 0 unspecified atom stereocenters. The van der Waals surface area contributed by atoms with Gasteiger partial charge in [-0.2, -0.15) is 12.1 Å². The van der Waals surface area contributed by atoms with Crippen LogP contribution in [0.3, 0.4) is 0 Å². The Bertz CT molecular complexity index is 2200. The Hall–Kier alpha value is -3.26. The van der Waals surface area contributed by atoms with Gasteiger partial charge in [-0.1, -0.05) is 163 Å². The molecule has 4 heteroatoms. The predicted molar refractivity (Wildman–Crippen MR) is 232 cm³/mol. The van der Waals surface area contributed by atoms with Gasteiger partial charge in [-0.25, -0.2) is 0 Å². The van der Waals surface area contributed by atoms with Crippen LogP contribution in [-0.2, 0) is 31.7 Å². The van der Waals surface area contributed by atoms with Crippen LogP contribution in [0.15, 0.2) is 146 Å². The zero-order valence-corrected chi connectivity index (χ0v) is 36.6. The molecule has 0 bridgehead atoms. The summed E-state index contributed by atoms with van der Waals surface area (Å²) in [6, 6.07) is 53.1. The van der Waals surface area contributed by atoms with Crippen LogP contribution >= 0.6 is 17.0 Å². The van der Waals surface area contributed by atoms with E-state index in [-0.39, 0.29) is 10.8 Å². The van der Waals surface area contributed by atoms with Gasteiger partial charge in [0.05, 0.1) is 0 Å². The Labute approximate surface area is 332 Å². The molecule has 0 fully saturated rings. The van der Waals surface area contributed by atoms with Crippen molar-refractivity contribution >= 4 is 69.6 Å². The Morgan fingerprint density at radius 1 is 0.442 bits per heavy atom. The number of fused-ring (bicyclic) bond motifs is 4. The Morgan fingerprint density at radius 2 is 0.731 bits per heavy atom. The normalized spacial score (nSPS) is 11.3. The van der Waals surface area contributed by atoms with E-state index >= 15 is 0 Å². The van der Waals surface area contributed by atoms with E-state index in [1.165, 1.54) is 76.5 Å². The number of rotatable bonds is 2. The van der Waals surface area contributed by atoms with E-state index < -0.39 is 20.8 Å². The summed E-state index contributed by atoms with van der Waals surface area (Å²) in [6.45, 7) is 18.0. The molecule has 0 saturated carbocycles. The molecule has 262 valence electrons. The number of hydrogen-bond acceptors (Lipinski definition) is 0. The van der Waals surface area contributed by atoms with E-state index in [0.29, 0.717) is 0 Å². The van der Waals surface area contributed by atoms with Crippen molar-refractivity contribution in [2.24, 2.45) is 0 Å². The van der Waals surface area contributed by atoms with E-state index in [4.69, 9.17) is 17.0 Å². The van der Waals surface area contributed by atoms with Crippen molar-refractivity contribution in [3.8, 4) is 22.3 Å². The molecule has 0 aliphatic carbocycles. The molecule has 0 atom stereocenters. The van der Waals surface area contributed by atoms with Gasteiger partial charge in [-0.05, 0) is 43.5 Å². The number of hydrogen-bond donors (Lipinski definition) is 0. The van der Waals surface area contributed by atoms with Crippen LogP contribution in [0, 0.1) is 0 Å². The third kappa shape index (κ3) is 9.26. The molecule has 0 aromatic heterocycles. The molecule has 0 nitrogen and oxygen atoms in total. The summed E-state index contributed by atoms with van der Waals surface area (Å²) in [4.78, 5) is 0. The minimum absolute atomic E-state index is 0.176. The average molecular weight is 815 g/mol. The van der Waals surface area contributed by atoms with Gasteiger partial charge in [-0.3, -0.25) is 0 Å². The molecule has 0 aliphatic rings. The van der Waals surface area contributed by atoms with Gasteiger partial charge in [0.25, 0.3) is 0 Å². The topological polar surface area (TPSA) is 0 Å². The second-order valence-electron chi connectivity index (χ2n) is 15.2. The van der Waals surface area contributed by atoms with Crippen LogP contribution in [0.25, 0.3) is 65.3 Å². The average Bonchev–Trinajstić information content (AvgIpc) is 3.78. The van der Waals surface area contributed by atoms with E-state index in [1.807, 2.05) is 0 Å². The Balaban J connectivity index is 0.000000175. The zero-order valence-electron chi connectivity index (χ0n) is 31.6. The number of benzene rings is 6. The summed E-state index contributed by atoms with van der Waals surface area (Å²) < 4.78 is 0. The monoisotopic (exact) mass is 812 g/mol. The molecule has 0 heterocycles. The van der Waals surface area contributed by atoms with Crippen LogP contribution in [0.5, 0.6) is 0 Å². The van der Waals surface area contributed by atoms with Crippen molar-refractivity contribution in [2.45, 2.75) is 65.5 Å². The first-order valence-electron chi connectivity index (χ1n) is 17.8. The third-order valence-electron chi connectivity index (χ3n) is 9.39. The first-order valence-corrected chi connectivity index (χ1v) is 26.1. The minimum atomic E-state index is -0.826. The standard InChI is InChI=1S/2C23H21.C2H6Si.2ClH.Zr/c2*1-23(2,3)18-14-17-10-7-13-21(22(17)15-18)20-12-6-9-16-8-4-5-11-19(16)20;1-3-2;;;/h2*4-15H,1-3H3;1-2H3;2*1H;/q2*-1;;;;+4/p-2. The molecular formula is C48H48Cl2SiZr. The van der Waals surface area contributed by atoms with Gasteiger partial charge in [0, 0.05) is 9.52 Å². The molecule has 0 N–H and O–H groups in total. The van der Waals surface area contributed by atoms with Crippen LogP contribution in [0.4, 0.5) is 0 Å². The second-order valence-corrected chi connectivity index (χ2v) is 20.0. The first-order chi connectivity index (χ1) is 24.9. The second kappa shape index (κ2) is 17.7. The van der Waals surface area contributed by atoms with Gasteiger partial charge in [0.2, 0.25) is 0 Å². The first kappa shape index (κ1) is 39.9. The van der Waals surface area contributed by atoms with E-state index in [9.17, 15) is 0 Å². The van der Waals surface area contributed by atoms with Crippen molar-refractivity contribution in [3.05, 3.63) is 157 Å². The predicted octanol–water partition coefficient (Wildman–Crippen LogP) is 15.5. The van der Waals surface area contributed by atoms with Gasteiger partial charge < -0.3 is 0 Å². The maximum absolute atomic E-state index is 4.93. The molecule has 2 radical (unpaired) electrons. The van der Waals surface area contributed by atoms with Crippen LogP contribution in [-0.4, -0.2) is 9.52 Å². The molecule has 8 aromatic carbocycles. The fourth-order valence-corrected chi connectivity index (χ4v) is 6.73. The molecule has 0 aliphatic heterocycles. The van der Waals surface area contributed by atoms with Gasteiger partial charge in [-0.15, -0.1) is 69.1 Å². The van der Waals surface area contributed by atoms with Crippen molar-refractivity contribution in [2.75, 3.05) is 0 Å². The van der Waals surface area contributed by atoms with E-state index in [1.54, 1.807) is 0 Å². The van der Waals surface area contributed by atoms with Crippen LogP contribution in [0.1, 0.15) is 52.7 Å². The van der Waals surface area contributed by atoms with Gasteiger partial charge in [0.15, 0.2) is 0 Å². The molecule has 0 saturated heterocycles. The van der Waals surface area contributed by atoms with E-state index in [0.717, 1.165) is 9.52 Å². The van der Waals surface area contributed by atoms with Crippen LogP contribution in [0.2, 0.25) is 13.1 Å². The molecule has 0 amide bonds. The summed E-state index contributed by atoms with van der Waals surface area (Å²) in [5, 5.41) is 10.6. The molecule has 8 aromatic rings. The van der Waals surface area contributed by atoms with Crippen molar-refractivity contribution in [1.29, 1.82) is 0 Å². The Kier molecular flexibility index (Phi) is 13.6. The van der Waals surface area contributed by atoms with Gasteiger partial charge in [0.1, 0.15) is 0 Å². The van der Waals surface area contributed by atoms with E-state index in [2.05, 4.69) is 200 Å². The molecule has 8 rings (SSSR count).